The summed E-state index contributed by atoms with van der Waals surface area (Å²) >= 11 is 0. The van der Waals surface area contributed by atoms with Crippen LogP contribution >= 0.6 is 0 Å². The van der Waals surface area contributed by atoms with Crippen molar-refractivity contribution in [3.63, 3.8) is 0 Å². The van der Waals surface area contributed by atoms with Crippen molar-refractivity contribution in [3.8, 4) is 6.07 Å². The van der Waals surface area contributed by atoms with Gasteiger partial charge in [0.1, 0.15) is 6.04 Å². The number of likely N-dealkylation sites (tertiary alicyclic amines) is 1. The molecule has 1 N–H and O–H groups in total. The van der Waals surface area contributed by atoms with E-state index in [4.69, 9.17) is 10.4 Å². The molecule has 0 bridgehead atoms. The number of nitriles is 1. The minimum absolute atomic E-state index is 0.308. The number of carboxylic acids is 1. The molecule has 1 atom stereocenters. The summed E-state index contributed by atoms with van der Waals surface area (Å²) in [6.45, 7) is 0.471. The highest BCUT2D eigenvalue weighted by atomic mass is 16.4. The standard InChI is InChI=1S/C15H14N2O3/c16-10-12-4-1-3-11(9-12)6-7-14(18)17-8-2-5-13(17)15(19)20/h1,3-4,6-7,9,13H,2,5,8H2,(H,19,20)/t13-/m1/s1. The zero-order chi connectivity index (χ0) is 14.5. The van der Waals surface area contributed by atoms with Crippen LogP contribution in [0, 0.1) is 11.3 Å². The zero-order valence-electron chi connectivity index (χ0n) is 10.8. The van der Waals surface area contributed by atoms with Crippen molar-refractivity contribution in [3.05, 3.63) is 41.5 Å². The van der Waals surface area contributed by atoms with Crippen LogP contribution in [0.3, 0.4) is 0 Å². The van der Waals surface area contributed by atoms with Gasteiger partial charge in [-0.3, -0.25) is 4.79 Å². The minimum Gasteiger partial charge on any atom is -0.480 e. The molecular weight excluding hydrogens is 256 g/mol. The largest absolute Gasteiger partial charge is 0.480 e. The van der Waals surface area contributed by atoms with Gasteiger partial charge >= 0.3 is 5.97 Å². The highest BCUT2D eigenvalue weighted by Crippen LogP contribution is 2.18. The van der Waals surface area contributed by atoms with Gasteiger partial charge in [0.15, 0.2) is 0 Å². The molecule has 0 radical (unpaired) electrons. The van der Waals surface area contributed by atoms with Crippen molar-refractivity contribution >= 4 is 18.0 Å². The first-order valence-electron chi connectivity index (χ1n) is 6.33. The SMILES string of the molecule is N#Cc1cccc(C=CC(=O)N2CCC[C@@H]2C(=O)O)c1. The third-order valence-corrected chi connectivity index (χ3v) is 3.26. The normalized spacial score (nSPS) is 18.1. The van der Waals surface area contributed by atoms with Gasteiger partial charge in [-0.15, -0.1) is 0 Å². The first-order valence-corrected chi connectivity index (χ1v) is 6.33. The maximum Gasteiger partial charge on any atom is 0.326 e. The predicted molar refractivity (Wildman–Crippen MR) is 72.6 cm³/mol. The number of amides is 1. The molecule has 1 aromatic carbocycles. The van der Waals surface area contributed by atoms with Crippen LogP contribution in [0.25, 0.3) is 6.08 Å². The van der Waals surface area contributed by atoms with Crippen molar-refractivity contribution in [2.75, 3.05) is 6.54 Å². The lowest BCUT2D eigenvalue weighted by Crippen LogP contribution is -2.39. The summed E-state index contributed by atoms with van der Waals surface area (Å²) in [5.41, 5.74) is 1.26. The number of carbonyl (C=O) groups excluding carboxylic acids is 1. The number of hydrogen-bond acceptors (Lipinski definition) is 3. The van der Waals surface area contributed by atoms with Crippen LogP contribution in [0.4, 0.5) is 0 Å². The Labute approximate surface area is 116 Å². The van der Waals surface area contributed by atoms with Crippen LogP contribution in [-0.2, 0) is 9.59 Å². The molecule has 1 aliphatic heterocycles. The van der Waals surface area contributed by atoms with Gasteiger partial charge in [0.2, 0.25) is 5.91 Å². The maximum absolute atomic E-state index is 12.0. The second-order valence-electron chi connectivity index (χ2n) is 4.60. The topological polar surface area (TPSA) is 81.4 Å². The van der Waals surface area contributed by atoms with Crippen LogP contribution in [0.5, 0.6) is 0 Å². The van der Waals surface area contributed by atoms with Gasteiger partial charge in [0.25, 0.3) is 0 Å². The summed E-state index contributed by atoms with van der Waals surface area (Å²) in [5, 5.41) is 17.8. The van der Waals surface area contributed by atoms with Gasteiger partial charge in [0.05, 0.1) is 11.6 Å². The fourth-order valence-corrected chi connectivity index (χ4v) is 2.26. The Morgan fingerprint density at radius 3 is 2.95 bits per heavy atom. The van der Waals surface area contributed by atoms with E-state index < -0.39 is 12.0 Å². The van der Waals surface area contributed by atoms with Crippen molar-refractivity contribution < 1.29 is 14.7 Å². The number of carbonyl (C=O) groups is 2. The summed E-state index contributed by atoms with van der Waals surface area (Å²) in [7, 11) is 0. The van der Waals surface area contributed by atoms with E-state index in [-0.39, 0.29) is 5.91 Å². The van der Waals surface area contributed by atoms with Gasteiger partial charge in [-0.05, 0) is 36.6 Å². The Balaban J connectivity index is 2.09. The number of aliphatic carboxylic acids is 1. The predicted octanol–water partition coefficient (Wildman–Crippen LogP) is 1.65. The first-order chi connectivity index (χ1) is 9.61. The van der Waals surface area contributed by atoms with Gasteiger partial charge in [0, 0.05) is 12.6 Å². The molecule has 1 aromatic rings. The molecule has 1 fully saturated rings. The smallest absolute Gasteiger partial charge is 0.326 e. The van der Waals surface area contributed by atoms with Crippen molar-refractivity contribution in [2.24, 2.45) is 0 Å². The lowest BCUT2D eigenvalue weighted by molar-refractivity contribution is -0.146. The van der Waals surface area contributed by atoms with E-state index in [2.05, 4.69) is 0 Å². The Bertz CT molecular complexity index is 601. The minimum atomic E-state index is -0.962. The molecule has 1 saturated heterocycles. The molecule has 2 rings (SSSR count). The van der Waals surface area contributed by atoms with Gasteiger partial charge in [-0.25, -0.2) is 4.79 Å². The van der Waals surface area contributed by atoms with E-state index in [1.54, 1.807) is 30.3 Å². The number of benzene rings is 1. The van der Waals surface area contributed by atoms with Gasteiger partial charge in [-0.2, -0.15) is 5.26 Å². The Kier molecular flexibility index (Phi) is 4.16. The van der Waals surface area contributed by atoms with Crippen LogP contribution in [-0.4, -0.2) is 34.5 Å². The summed E-state index contributed by atoms with van der Waals surface area (Å²) in [5.74, 6) is -1.27. The number of rotatable bonds is 3. The third-order valence-electron chi connectivity index (χ3n) is 3.26. The van der Waals surface area contributed by atoms with Crippen LogP contribution in [0.15, 0.2) is 30.3 Å². The zero-order valence-corrected chi connectivity index (χ0v) is 10.8. The molecule has 20 heavy (non-hydrogen) atoms. The molecule has 0 unspecified atom stereocenters. The maximum atomic E-state index is 12.0. The monoisotopic (exact) mass is 270 g/mol. The molecule has 1 aliphatic rings. The fourth-order valence-electron chi connectivity index (χ4n) is 2.26. The van der Waals surface area contributed by atoms with E-state index in [0.29, 0.717) is 24.9 Å². The second-order valence-corrected chi connectivity index (χ2v) is 4.60. The molecule has 102 valence electrons. The lowest BCUT2D eigenvalue weighted by atomic mass is 10.1. The molecule has 5 heteroatoms. The summed E-state index contributed by atoms with van der Waals surface area (Å²) < 4.78 is 0. The number of carboxylic acid groups (broad SMARTS) is 1. The highest BCUT2D eigenvalue weighted by Gasteiger charge is 2.32. The molecular formula is C15H14N2O3. The first kappa shape index (κ1) is 13.8. The summed E-state index contributed by atoms with van der Waals surface area (Å²) in [4.78, 5) is 24.4. The van der Waals surface area contributed by atoms with Crippen LogP contribution < -0.4 is 0 Å². The molecule has 0 aliphatic carbocycles. The van der Waals surface area contributed by atoms with Gasteiger partial charge in [-0.1, -0.05) is 12.1 Å². The summed E-state index contributed by atoms with van der Waals surface area (Å²) in [6, 6.07) is 8.17. The molecule has 1 heterocycles. The average Bonchev–Trinajstić information content (AvgIpc) is 2.94. The molecule has 0 saturated carbocycles. The van der Waals surface area contributed by atoms with Crippen molar-refractivity contribution in [1.82, 2.24) is 4.90 Å². The van der Waals surface area contributed by atoms with Crippen molar-refractivity contribution in [2.45, 2.75) is 18.9 Å². The quantitative estimate of drug-likeness (QED) is 0.847. The van der Waals surface area contributed by atoms with Crippen LogP contribution in [0.1, 0.15) is 24.0 Å². The molecule has 1 amide bonds. The third kappa shape index (κ3) is 3.04. The van der Waals surface area contributed by atoms with E-state index in [1.165, 1.54) is 11.0 Å². The molecule has 0 aromatic heterocycles. The fraction of sp³-hybridized carbons (Fsp3) is 0.267. The van der Waals surface area contributed by atoms with E-state index >= 15 is 0 Å². The second kappa shape index (κ2) is 6.02. The Hall–Kier alpha value is -2.61. The van der Waals surface area contributed by atoms with E-state index in [9.17, 15) is 9.59 Å². The van der Waals surface area contributed by atoms with E-state index in [1.807, 2.05) is 6.07 Å². The van der Waals surface area contributed by atoms with E-state index in [0.717, 1.165) is 5.56 Å². The summed E-state index contributed by atoms with van der Waals surface area (Å²) in [6.07, 6.45) is 4.16. The highest BCUT2D eigenvalue weighted by molar-refractivity contribution is 5.94. The molecule has 5 nitrogen and oxygen atoms in total. The lowest BCUT2D eigenvalue weighted by Gasteiger charge is -2.19. The Morgan fingerprint density at radius 1 is 1.45 bits per heavy atom. The van der Waals surface area contributed by atoms with Crippen molar-refractivity contribution in [1.29, 1.82) is 5.26 Å². The molecule has 0 spiro atoms. The number of hydrogen-bond donors (Lipinski definition) is 1. The van der Waals surface area contributed by atoms with Crippen LogP contribution in [0.2, 0.25) is 0 Å². The van der Waals surface area contributed by atoms with Gasteiger partial charge < -0.3 is 10.0 Å². The Morgan fingerprint density at radius 2 is 2.25 bits per heavy atom. The number of nitrogens with zero attached hydrogens (tertiary/aromatic N) is 2. The average molecular weight is 270 g/mol.